The lowest BCUT2D eigenvalue weighted by Crippen LogP contribution is -2.30. The first-order valence-corrected chi connectivity index (χ1v) is 4.64. The molecule has 1 rings (SSSR count). The van der Waals surface area contributed by atoms with Gasteiger partial charge in [0, 0.05) is 0 Å². The third-order valence-electron chi connectivity index (χ3n) is 2.25. The maximum Gasteiger partial charge on any atom is 0.416 e. The normalized spacial score (nSPS) is 14.4. The van der Waals surface area contributed by atoms with Gasteiger partial charge in [-0.15, -0.1) is 0 Å². The van der Waals surface area contributed by atoms with Crippen LogP contribution in [0.2, 0.25) is 0 Å². The molecule has 1 unspecified atom stereocenters. The Kier molecular flexibility index (Phi) is 3.80. The Morgan fingerprint density at radius 2 is 1.67 bits per heavy atom. The minimum absolute atomic E-state index is 0.194. The summed E-state index contributed by atoms with van der Waals surface area (Å²) in [7, 11) is 1.11. The summed E-state index contributed by atoms with van der Waals surface area (Å²) in [6, 6.07) is -0.545. The van der Waals surface area contributed by atoms with Gasteiger partial charge in [-0.2, -0.15) is 26.3 Å². The maximum atomic E-state index is 12.6. The van der Waals surface area contributed by atoms with Crippen molar-refractivity contribution < 1.29 is 31.1 Å². The fourth-order valence-electron chi connectivity index (χ4n) is 1.36. The summed E-state index contributed by atoms with van der Waals surface area (Å²) >= 11 is 0. The van der Waals surface area contributed by atoms with Crippen molar-refractivity contribution in [3.05, 3.63) is 29.3 Å². The Morgan fingerprint density at radius 3 is 2.06 bits per heavy atom. The van der Waals surface area contributed by atoms with Gasteiger partial charge in [0.25, 0.3) is 0 Å². The molecular weight excluding hydrogens is 264 g/mol. The van der Waals surface area contributed by atoms with Crippen molar-refractivity contribution >= 4 is 0 Å². The van der Waals surface area contributed by atoms with Gasteiger partial charge in [0.2, 0.25) is 0 Å². The smallest absolute Gasteiger partial charge is 0.416 e. The summed E-state index contributed by atoms with van der Waals surface area (Å²) in [5.74, 6) is -0.194. The van der Waals surface area contributed by atoms with E-state index in [-0.39, 0.29) is 5.75 Å². The van der Waals surface area contributed by atoms with Crippen molar-refractivity contribution in [2.45, 2.75) is 18.4 Å². The van der Waals surface area contributed by atoms with Crippen LogP contribution >= 0.6 is 0 Å². The molecule has 0 saturated heterocycles. The van der Waals surface area contributed by atoms with Gasteiger partial charge in [-0.05, 0) is 17.7 Å². The van der Waals surface area contributed by atoms with E-state index in [1.165, 1.54) is 0 Å². The minimum Gasteiger partial charge on any atom is -0.497 e. The van der Waals surface area contributed by atoms with Crippen LogP contribution in [0.15, 0.2) is 18.2 Å². The first-order valence-electron chi connectivity index (χ1n) is 4.64. The topological polar surface area (TPSA) is 35.2 Å². The molecule has 0 bridgehead atoms. The van der Waals surface area contributed by atoms with Gasteiger partial charge >= 0.3 is 12.4 Å². The van der Waals surface area contributed by atoms with Crippen LogP contribution < -0.4 is 10.5 Å². The van der Waals surface area contributed by atoms with Gasteiger partial charge in [-0.1, -0.05) is 6.07 Å². The van der Waals surface area contributed by atoms with E-state index in [2.05, 4.69) is 4.74 Å². The van der Waals surface area contributed by atoms with Crippen molar-refractivity contribution in [3.8, 4) is 5.75 Å². The third kappa shape index (κ3) is 3.06. The van der Waals surface area contributed by atoms with Crippen molar-refractivity contribution in [1.82, 2.24) is 0 Å². The Morgan fingerprint density at radius 1 is 1.11 bits per heavy atom. The van der Waals surface area contributed by atoms with Gasteiger partial charge < -0.3 is 10.5 Å². The summed E-state index contributed by atoms with van der Waals surface area (Å²) < 4.78 is 79.5. The van der Waals surface area contributed by atoms with E-state index in [4.69, 9.17) is 5.73 Å². The predicted molar refractivity (Wildman–Crippen MR) is 51.0 cm³/mol. The van der Waals surface area contributed by atoms with Crippen LogP contribution in [-0.2, 0) is 6.18 Å². The highest BCUT2D eigenvalue weighted by Gasteiger charge is 2.43. The zero-order valence-electron chi connectivity index (χ0n) is 9.06. The van der Waals surface area contributed by atoms with Crippen molar-refractivity contribution in [2.75, 3.05) is 7.11 Å². The van der Waals surface area contributed by atoms with E-state index in [1.807, 2.05) is 0 Å². The molecule has 2 nitrogen and oxygen atoms in total. The molecule has 1 aromatic carbocycles. The first-order chi connectivity index (χ1) is 8.07. The summed E-state index contributed by atoms with van der Waals surface area (Å²) in [5, 5.41) is 0. The summed E-state index contributed by atoms with van der Waals surface area (Å²) in [6.45, 7) is 0. The average Bonchev–Trinajstić information content (AvgIpc) is 2.24. The van der Waals surface area contributed by atoms with Crippen LogP contribution in [0, 0.1) is 0 Å². The van der Waals surface area contributed by atoms with Gasteiger partial charge in [0.05, 0.1) is 12.7 Å². The quantitative estimate of drug-likeness (QED) is 0.839. The second-order valence-corrected chi connectivity index (χ2v) is 3.47. The van der Waals surface area contributed by atoms with E-state index in [0.717, 1.165) is 13.2 Å². The zero-order chi connectivity index (χ0) is 14.1. The number of nitrogens with two attached hydrogens (primary N) is 1. The summed E-state index contributed by atoms with van der Waals surface area (Å²) in [4.78, 5) is 0. The molecule has 0 radical (unpaired) electrons. The highest BCUT2D eigenvalue weighted by Crippen LogP contribution is 2.40. The standard InChI is InChI=1S/C10H9F6NO/c1-18-5-2-3-6(8(17)10(14,15)16)7(4-5)9(11,12)13/h2-4,8H,17H2,1H3. The highest BCUT2D eigenvalue weighted by atomic mass is 19.4. The zero-order valence-corrected chi connectivity index (χ0v) is 9.06. The molecule has 2 N–H and O–H groups in total. The first kappa shape index (κ1) is 14.6. The number of hydrogen-bond acceptors (Lipinski definition) is 2. The Balaban J connectivity index is 3.36. The predicted octanol–water partition coefficient (Wildman–Crippen LogP) is 3.28. The Labute approximate surface area is 98.3 Å². The summed E-state index contributed by atoms with van der Waals surface area (Å²) in [5.41, 5.74) is 2.31. The second-order valence-electron chi connectivity index (χ2n) is 3.47. The molecule has 0 aliphatic rings. The van der Waals surface area contributed by atoms with E-state index >= 15 is 0 Å². The molecule has 0 heterocycles. The van der Waals surface area contributed by atoms with E-state index < -0.39 is 29.5 Å². The van der Waals surface area contributed by atoms with E-state index in [1.54, 1.807) is 0 Å². The largest absolute Gasteiger partial charge is 0.497 e. The van der Waals surface area contributed by atoms with Crippen LogP contribution in [0.25, 0.3) is 0 Å². The van der Waals surface area contributed by atoms with Gasteiger partial charge in [-0.25, -0.2) is 0 Å². The molecule has 1 aromatic rings. The molecule has 8 heteroatoms. The van der Waals surface area contributed by atoms with Crippen molar-refractivity contribution in [3.63, 3.8) is 0 Å². The molecule has 0 aliphatic carbocycles. The van der Waals surface area contributed by atoms with Gasteiger partial charge in [-0.3, -0.25) is 0 Å². The van der Waals surface area contributed by atoms with Crippen molar-refractivity contribution in [2.24, 2.45) is 5.73 Å². The lowest BCUT2D eigenvalue weighted by molar-refractivity contribution is -0.155. The average molecular weight is 273 g/mol. The van der Waals surface area contributed by atoms with Crippen LogP contribution in [-0.4, -0.2) is 13.3 Å². The Bertz CT molecular complexity index is 425. The van der Waals surface area contributed by atoms with Crippen molar-refractivity contribution in [1.29, 1.82) is 0 Å². The molecule has 0 fully saturated rings. The Hall–Kier alpha value is -1.44. The molecule has 0 saturated carbocycles. The third-order valence-corrected chi connectivity index (χ3v) is 2.25. The van der Waals surface area contributed by atoms with E-state index in [9.17, 15) is 26.3 Å². The number of methoxy groups -OCH3 is 1. The number of benzene rings is 1. The second kappa shape index (κ2) is 4.68. The SMILES string of the molecule is COc1ccc(C(N)C(F)(F)F)c(C(F)(F)F)c1. The number of rotatable bonds is 2. The number of alkyl halides is 6. The molecule has 1 atom stereocenters. The molecule has 18 heavy (non-hydrogen) atoms. The minimum atomic E-state index is -4.95. The lowest BCUT2D eigenvalue weighted by atomic mass is 9.99. The molecule has 0 spiro atoms. The van der Waals surface area contributed by atoms with Gasteiger partial charge in [0.1, 0.15) is 11.8 Å². The molecule has 0 aliphatic heterocycles. The van der Waals surface area contributed by atoms with Crippen LogP contribution in [0.4, 0.5) is 26.3 Å². The molecule has 0 amide bonds. The fourth-order valence-corrected chi connectivity index (χ4v) is 1.36. The molecule has 102 valence electrons. The van der Waals surface area contributed by atoms with Crippen LogP contribution in [0.1, 0.15) is 17.2 Å². The van der Waals surface area contributed by atoms with E-state index in [0.29, 0.717) is 12.1 Å². The van der Waals surface area contributed by atoms with Crippen LogP contribution in [0.3, 0.4) is 0 Å². The number of hydrogen-bond donors (Lipinski definition) is 1. The lowest BCUT2D eigenvalue weighted by Gasteiger charge is -2.21. The highest BCUT2D eigenvalue weighted by molar-refractivity contribution is 5.39. The van der Waals surface area contributed by atoms with Gasteiger partial charge in [0.15, 0.2) is 0 Å². The fraction of sp³-hybridized carbons (Fsp3) is 0.400. The molecule has 0 aromatic heterocycles. The number of halogens is 6. The molecular formula is C10H9F6NO. The number of ether oxygens (including phenoxy) is 1. The maximum absolute atomic E-state index is 12.6. The monoisotopic (exact) mass is 273 g/mol. The summed E-state index contributed by atoms with van der Waals surface area (Å²) in [6.07, 6.45) is -9.89. The van der Waals surface area contributed by atoms with Crippen LogP contribution in [0.5, 0.6) is 5.75 Å².